The summed E-state index contributed by atoms with van der Waals surface area (Å²) in [6, 6.07) is 1.88. The van der Waals surface area contributed by atoms with Crippen molar-refractivity contribution in [2.75, 3.05) is 0 Å². The average molecular weight is 162 g/mol. The molecule has 0 saturated carbocycles. The van der Waals surface area contributed by atoms with Gasteiger partial charge in [0, 0.05) is 18.4 Å². The fraction of sp³-hybridized carbons (Fsp3) is 0.300. The first kappa shape index (κ1) is 8.94. The molecule has 2 N–H and O–H groups in total. The summed E-state index contributed by atoms with van der Waals surface area (Å²) < 4.78 is 0. The highest BCUT2D eigenvalue weighted by atomic mass is 14.7. The number of hydrogen-bond acceptors (Lipinski definition) is 2. The Balaban J connectivity index is 3.04. The van der Waals surface area contributed by atoms with E-state index < -0.39 is 0 Å². The van der Waals surface area contributed by atoms with E-state index in [4.69, 9.17) is 5.73 Å². The maximum atomic E-state index is 5.82. The predicted octanol–water partition coefficient (Wildman–Crippen LogP) is 1.83. The van der Waals surface area contributed by atoms with Crippen LogP contribution in [0.3, 0.4) is 0 Å². The second-order valence-corrected chi connectivity index (χ2v) is 2.69. The topological polar surface area (TPSA) is 38.9 Å². The molecule has 1 unspecified atom stereocenters. The first-order valence-corrected chi connectivity index (χ1v) is 4.10. The molecule has 64 valence electrons. The minimum atomic E-state index is -0.0667. The molecule has 0 bridgehead atoms. The Morgan fingerprint density at radius 3 is 3.08 bits per heavy atom. The minimum Gasteiger partial charge on any atom is -0.321 e. The standard InChI is InChI=1S/C10H14N2/c1-3-8-7-12-6-5-9(8)10(11)4-2/h4-7,10H,2-3,11H2,1H3. The van der Waals surface area contributed by atoms with Crippen molar-refractivity contribution in [2.45, 2.75) is 19.4 Å². The van der Waals surface area contributed by atoms with Gasteiger partial charge < -0.3 is 5.73 Å². The zero-order valence-corrected chi connectivity index (χ0v) is 7.33. The number of pyridine rings is 1. The monoisotopic (exact) mass is 162 g/mol. The normalized spacial score (nSPS) is 12.5. The number of hydrogen-bond donors (Lipinski definition) is 1. The third-order valence-electron chi connectivity index (χ3n) is 1.94. The lowest BCUT2D eigenvalue weighted by Crippen LogP contribution is -2.09. The molecule has 0 radical (unpaired) electrons. The summed E-state index contributed by atoms with van der Waals surface area (Å²) in [6.45, 7) is 5.76. The molecule has 2 nitrogen and oxygen atoms in total. The molecule has 1 heterocycles. The Kier molecular flexibility index (Phi) is 3.00. The van der Waals surface area contributed by atoms with Gasteiger partial charge in [-0.15, -0.1) is 6.58 Å². The summed E-state index contributed by atoms with van der Waals surface area (Å²) in [5, 5.41) is 0. The molecule has 1 aromatic heterocycles. The van der Waals surface area contributed by atoms with Crippen molar-refractivity contribution >= 4 is 0 Å². The second kappa shape index (κ2) is 4.02. The molecule has 0 aromatic carbocycles. The summed E-state index contributed by atoms with van der Waals surface area (Å²) in [5.74, 6) is 0. The number of aryl methyl sites for hydroxylation is 1. The summed E-state index contributed by atoms with van der Waals surface area (Å²) >= 11 is 0. The second-order valence-electron chi connectivity index (χ2n) is 2.69. The first-order chi connectivity index (χ1) is 5.79. The first-order valence-electron chi connectivity index (χ1n) is 4.10. The van der Waals surface area contributed by atoms with Gasteiger partial charge in [-0.3, -0.25) is 4.98 Å². The van der Waals surface area contributed by atoms with Crippen LogP contribution in [0.1, 0.15) is 24.1 Å². The maximum Gasteiger partial charge on any atom is 0.0482 e. The number of rotatable bonds is 3. The van der Waals surface area contributed by atoms with Crippen LogP contribution in [0.4, 0.5) is 0 Å². The van der Waals surface area contributed by atoms with Crippen molar-refractivity contribution in [1.29, 1.82) is 0 Å². The van der Waals surface area contributed by atoms with E-state index in [1.54, 1.807) is 12.3 Å². The van der Waals surface area contributed by atoms with Gasteiger partial charge in [0.1, 0.15) is 0 Å². The van der Waals surface area contributed by atoms with Crippen molar-refractivity contribution in [3.8, 4) is 0 Å². The highest BCUT2D eigenvalue weighted by Crippen LogP contribution is 2.15. The van der Waals surface area contributed by atoms with Crippen LogP contribution in [0.25, 0.3) is 0 Å². The van der Waals surface area contributed by atoms with Gasteiger partial charge >= 0.3 is 0 Å². The van der Waals surface area contributed by atoms with Gasteiger partial charge in [-0.25, -0.2) is 0 Å². The fourth-order valence-electron chi connectivity index (χ4n) is 1.19. The Labute approximate surface area is 73.1 Å². The largest absolute Gasteiger partial charge is 0.321 e. The molecule has 12 heavy (non-hydrogen) atoms. The Morgan fingerprint density at radius 2 is 2.50 bits per heavy atom. The number of nitrogens with zero attached hydrogens (tertiary/aromatic N) is 1. The molecule has 0 amide bonds. The van der Waals surface area contributed by atoms with E-state index in [2.05, 4.69) is 18.5 Å². The lowest BCUT2D eigenvalue weighted by Gasteiger charge is -2.10. The van der Waals surface area contributed by atoms with Crippen molar-refractivity contribution in [1.82, 2.24) is 4.98 Å². The summed E-state index contributed by atoms with van der Waals surface area (Å²) in [7, 11) is 0. The predicted molar refractivity (Wildman–Crippen MR) is 50.7 cm³/mol. The highest BCUT2D eigenvalue weighted by Gasteiger charge is 2.05. The van der Waals surface area contributed by atoms with Crippen LogP contribution < -0.4 is 5.73 Å². The minimum absolute atomic E-state index is 0.0667. The molecule has 0 spiro atoms. The zero-order valence-electron chi connectivity index (χ0n) is 7.33. The molecular formula is C10H14N2. The van der Waals surface area contributed by atoms with Crippen LogP contribution in [0.15, 0.2) is 31.1 Å². The van der Waals surface area contributed by atoms with E-state index in [9.17, 15) is 0 Å². The molecule has 0 aliphatic carbocycles. The lowest BCUT2D eigenvalue weighted by molar-refractivity contribution is 0.878. The third kappa shape index (κ3) is 1.71. The van der Waals surface area contributed by atoms with Gasteiger partial charge in [0.15, 0.2) is 0 Å². The lowest BCUT2D eigenvalue weighted by atomic mass is 10.0. The molecule has 1 aromatic rings. The van der Waals surface area contributed by atoms with Crippen LogP contribution in [0, 0.1) is 0 Å². The van der Waals surface area contributed by atoms with Crippen LogP contribution in [0.2, 0.25) is 0 Å². The van der Waals surface area contributed by atoms with Crippen molar-refractivity contribution in [2.24, 2.45) is 5.73 Å². The maximum absolute atomic E-state index is 5.82. The van der Waals surface area contributed by atoms with Gasteiger partial charge in [-0.1, -0.05) is 13.0 Å². The molecule has 0 aliphatic rings. The van der Waals surface area contributed by atoms with E-state index in [1.165, 1.54) is 5.56 Å². The Morgan fingerprint density at radius 1 is 1.75 bits per heavy atom. The molecular weight excluding hydrogens is 148 g/mol. The quantitative estimate of drug-likeness (QED) is 0.689. The van der Waals surface area contributed by atoms with Crippen molar-refractivity contribution in [3.63, 3.8) is 0 Å². The van der Waals surface area contributed by atoms with Gasteiger partial charge in [-0.2, -0.15) is 0 Å². The summed E-state index contributed by atoms with van der Waals surface area (Å²) in [6.07, 6.45) is 6.33. The SMILES string of the molecule is C=CC(N)c1ccncc1CC. The average Bonchev–Trinajstić information content (AvgIpc) is 2.16. The molecule has 0 aliphatic heterocycles. The number of nitrogens with two attached hydrogens (primary N) is 1. The van der Waals surface area contributed by atoms with E-state index in [0.29, 0.717) is 0 Å². The van der Waals surface area contributed by atoms with Gasteiger partial charge in [-0.05, 0) is 23.6 Å². The summed E-state index contributed by atoms with van der Waals surface area (Å²) in [4.78, 5) is 4.04. The Hall–Kier alpha value is -1.15. The van der Waals surface area contributed by atoms with E-state index >= 15 is 0 Å². The Bertz CT molecular complexity index is 268. The highest BCUT2D eigenvalue weighted by molar-refractivity contribution is 5.28. The smallest absolute Gasteiger partial charge is 0.0482 e. The summed E-state index contributed by atoms with van der Waals surface area (Å²) in [5.41, 5.74) is 8.15. The van der Waals surface area contributed by atoms with E-state index in [1.807, 2.05) is 12.3 Å². The number of aromatic nitrogens is 1. The third-order valence-corrected chi connectivity index (χ3v) is 1.94. The van der Waals surface area contributed by atoms with E-state index in [0.717, 1.165) is 12.0 Å². The van der Waals surface area contributed by atoms with Crippen LogP contribution >= 0.6 is 0 Å². The van der Waals surface area contributed by atoms with Crippen LogP contribution in [-0.4, -0.2) is 4.98 Å². The molecule has 1 atom stereocenters. The molecule has 0 fully saturated rings. The van der Waals surface area contributed by atoms with Crippen molar-refractivity contribution in [3.05, 3.63) is 42.2 Å². The molecule has 2 heteroatoms. The van der Waals surface area contributed by atoms with E-state index in [-0.39, 0.29) is 6.04 Å². The molecule has 1 rings (SSSR count). The van der Waals surface area contributed by atoms with Crippen molar-refractivity contribution < 1.29 is 0 Å². The van der Waals surface area contributed by atoms with Crippen LogP contribution in [0.5, 0.6) is 0 Å². The van der Waals surface area contributed by atoms with Crippen LogP contribution in [-0.2, 0) is 6.42 Å². The molecule has 0 saturated heterocycles. The van der Waals surface area contributed by atoms with Gasteiger partial charge in [0.2, 0.25) is 0 Å². The van der Waals surface area contributed by atoms with Gasteiger partial charge in [0.25, 0.3) is 0 Å². The van der Waals surface area contributed by atoms with Gasteiger partial charge in [0.05, 0.1) is 0 Å². The fourth-order valence-corrected chi connectivity index (χ4v) is 1.19. The zero-order chi connectivity index (χ0) is 8.97.